The molecule has 2 aromatic heterocycles. The highest BCUT2D eigenvalue weighted by atomic mass is 16.5. The SMILES string of the molecule is CCC1C[C@H](Oc2ccc(-c3ccc4[nH]ccc4c3)nc2)CC(C)N1C. The van der Waals surface area contributed by atoms with Crippen LogP contribution in [0.15, 0.2) is 48.8 Å². The van der Waals surface area contributed by atoms with Gasteiger partial charge in [-0.05, 0) is 63.6 Å². The number of fused-ring (bicyclic) bond motifs is 1. The smallest absolute Gasteiger partial charge is 0.138 e. The molecule has 1 saturated heterocycles. The molecule has 0 bridgehead atoms. The van der Waals surface area contributed by atoms with Gasteiger partial charge in [-0.15, -0.1) is 0 Å². The Morgan fingerprint density at radius 2 is 2.08 bits per heavy atom. The molecular weight excluding hydrogens is 322 g/mol. The van der Waals surface area contributed by atoms with Gasteiger partial charge in [-0.25, -0.2) is 0 Å². The number of pyridine rings is 1. The van der Waals surface area contributed by atoms with Gasteiger partial charge in [0, 0.05) is 34.7 Å². The predicted molar refractivity (Wildman–Crippen MR) is 106 cm³/mol. The molecule has 1 fully saturated rings. The fourth-order valence-corrected chi connectivity index (χ4v) is 4.05. The average molecular weight is 349 g/mol. The van der Waals surface area contributed by atoms with Crippen LogP contribution < -0.4 is 4.74 Å². The Balaban J connectivity index is 1.47. The van der Waals surface area contributed by atoms with Gasteiger partial charge in [0.15, 0.2) is 0 Å². The van der Waals surface area contributed by atoms with Crippen molar-refractivity contribution in [2.45, 2.75) is 51.3 Å². The van der Waals surface area contributed by atoms with Crippen LogP contribution in [0.1, 0.15) is 33.1 Å². The van der Waals surface area contributed by atoms with Crippen LogP contribution in [0.2, 0.25) is 0 Å². The van der Waals surface area contributed by atoms with Gasteiger partial charge in [-0.3, -0.25) is 4.98 Å². The number of benzene rings is 1. The standard InChI is InChI=1S/C22H27N3O/c1-4-18-13-20(11-15(2)25(18)3)26-19-6-8-22(24-14-19)16-5-7-21-17(12-16)9-10-23-21/h5-10,12,14-15,18,20,23H,4,11,13H2,1-3H3/t15?,18?,20-/m1/s1. The van der Waals surface area contributed by atoms with Gasteiger partial charge in [0.05, 0.1) is 11.9 Å². The molecule has 2 unspecified atom stereocenters. The van der Waals surface area contributed by atoms with Crippen molar-refractivity contribution in [3.63, 3.8) is 0 Å². The molecule has 0 amide bonds. The first-order valence-electron chi connectivity index (χ1n) is 9.56. The number of nitrogens with zero attached hydrogens (tertiary/aromatic N) is 2. The molecular formula is C22H27N3O. The van der Waals surface area contributed by atoms with Crippen molar-refractivity contribution in [2.75, 3.05) is 7.05 Å². The minimum Gasteiger partial charge on any atom is -0.489 e. The van der Waals surface area contributed by atoms with Crippen LogP contribution >= 0.6 is 0 Å². The first kappa shape index (κ1) is 17.1. The summed E-state index contributed by atoms with van der Waals surface area (Å²) >= 11 is 0. The first-order valence-corrected chi connectivity index (χ1v) is 9.56. The van der Waals surface area contributed by atoms with Crippen molar-refractivity contribution >= 4 is 10.9 Å². The fourth-order valence-electron chi connectivity index (χ4n) is 4.05. The second-order valence-corrected chi connectivity index (χ2v) is 7.45. The summed E-state index contributed by atoms with van der Waals surface area (Å²) < 4.78 is 6.26. The number of H-pyrrole nitrogens is 1. The van der Waals surface area contributed by atoms with Crippen LogP contribution in [0.25, 0.3) is 22.2 Å². The van der Waals surface area contributed by atoms with Gasteiger partial charge in [0.25, 0.3) is 0 Å². The van der Waals surface area contributed by atoms with E-state index in [4.69, 9.17) is 4.74 Å². The Labute approximate surface area is 155 Å². The van der Waals surface area contributed by atoms with Crippen molar-refractivity contribution in [1.29, 1.82) is 0 Å². The Bertz CT molecular complexity index is 870. The van der Waals surface area contributed by atoms with E-state index in [2.05, 4.69) is 66.1 Å². The van der Waals surface area contributed by atoms with Crippen molar-refractivity contribution in [2.24, 2.45) is 0 Å². The molecule has 4 rings (SSSR count). The van der Waals surface area contributed by atoms with Crippen LogP contribution in [0.4, 0.5) is 0 Å². The van der Waals surface area contributed by atoms with E-state index in [9.17, 15) is 0 Å². The maximum atomic E-state index is 6.26. The molecule has 4 heteroatoms. The quantitative estimate of drug-likeness (QED) is 0.730. The zero-order chi connectivity index (χ0) is 18.1. The fraction of sp³-hybridized carbons (Fsp3) is 0.409. The first-order chi connectivity index (χ1) is 12.6. The average Bonchev–Trinajstić information content (AvgIpc) is 3.13. The van der Waals surface area contributed by atoms with Crippen LogP contribution in [-0.2, 0) is 0 Å². The van der Waals surface area contributed by atoms with Gasteiger partial charge < -0.3 is 14.6 Å². The number of hydrogen-bond donors (Lipinski definition) is 1. The second-order valence-electron chi connectivity index (χ2n) is 7.45. The highest BCUT2D eigenvalue weighted by Crippen LogP contribution is 2.28. The third-order valence-corrected chi connectivity index (χ3v) is 5.77. The van der Waals surface area contributed by atoms with E-state index in [1.807, 2.05) is 18.5 Å². The molecule has 3 aromatic rings. The predicted octanol–water partition coefficient (Wildman–Crippen LogP) is 4.87. The topological polar surface area (TPSA) is 41.1 Å². The molecule has 26 heavy (non-hydrogen) atoms. The summed E-state index contributed by atoms with van der Waals surface area (Å²) in [5.74, 6) is 0.869. The molecule has 1 N–H and O–H groups in total. The lowest BCUT2D eigenvalue weighted by Gasteiger charge is -2.41. The molecule has 1 aliphatic heterocycles. The highest BCUT2D eigenvalue weighted by Gasteiger charge is 2.31. The molecule has 3 heterocycles. The normalized spacial score (nSPS) is 24.0. The summed E-state index contributed by atoms with van der Waals surface area (Å²) in [6, 6.07) is 13.7. The molecule has 1 aliphatic rings. The number of hydrogen-bond acceptors (Lipinski definition) is 3. The number of nitrogens with one attached hydrogen (secondary N) is 1. The number of likely N-dealkylation sites (tertiary alicyclic amines) is 1. The number of rotatable bonds is 4. The molecule has 0 spiro atoms. The van der Waals surface area contributed by atoms with E-state index < -0.39 is 0 Å². The Hall–Kier alpha value is -2.33. The van der Waals surface area contributed by atoms with Crippen LogP contribution in [-0.4, -0.2) is 40.1 Å². The summed E-state index contributed by atoms with van der Waals surface area (Å²) in [7, 11) is 2.23. The van der Waals surface area contributed by atoms with Crippen molar-refractivity contribution < 1.29 is 4.74 Å². The summed E-state index contributed by atoms with van der Waals surface area (Å²) in [5, 5.41) is 1.20. The summed E-state index contributed by atoms with van der Waals surface area (Å²) in [6.45, 7) is 4.55. The minimum atomic E-state index is 0.273. The van der Waals surface area contributed by atoms with Crippen molar-refractivity contribution in [3.8, 4) is 17.0 Å². The number of ether oxygens (including phenoxy) is 1. The summed E-state index contributed by atoms with van der Waals surface area (Å²) in [5.41, 5.74) is 3.25. The third kappa shape index (κ3) is 3.34. The molecule has 3 atom stereocenters. The van der Waals surface area contributed by atoms with E-state index in [0.29, 0.717) is 12.1 Å². The van der Waals surface area contributed by atoms with Gasteiger partial charge in [-0.1, -0.05) is 13.0 Å². The van der Waals surface area contributed by atoms with Crippen LogP contribution in [0.5, 0.6) is 5.75 Å². The lowest BCUT2D eigenvalue weighted by molar-refractivity contribution is 0.0342. The molecule has 0 saturated carbocycles. The number of aromatic amines is 1. The van der Waals surface area contributed by atoms with E-state index in [1.54, 1.807) is 0 Å². The largest absolute Gasteiger partial charge is 0.489 e. The van der Waals surface area contributed by atoms with Crippen molar-refractivity contribution in [1.82, 2.24) is 14.9 Å². The monoisotopic (exact) mass is 349 g/mol. The zero-order valence-corrected chi connectivity index (χ0v) is 15.8. The van der Waals surface area contributed by atoms with E-state index in [-0.39, 0.29) is 6.10 Å². The molecule has 0 aliphatic carbocycles. The summed E-state index contributed by atoms with van der Waals surface area (Å²) in [6.07, 6.45) is 7.42. The van der Waals surface area contributed by atoms with Crippen LogP contribution in [0, 0.1) is 0 Å². The zero-order valence-electron chi connectivity index (χ0n) is 15.8. The molecule has 1 aromatic carbocycles. The van der Waals surface area contributed by atoms with Crippen LogP contribution in [0.3, 0.4) is 0 Å². The Morgan fingerprint density at radius 1 is 1.19 bits per heavy atom. The van der Waals surface area contributed by atoms with Gasteiger partial charge >= 0.3 is 0 Å². The molecule has 0 radical (unpaired) electrons. The summed E-state index contributed by atoms with van der Waals surface area (Å²) in [4.78, 5) is 10.3. The molecule has 136 valence electrons. The maximum absolute atomic E-state index is 6.26. The lowest BCUT2D eigenvalue weighted by Crippen LogP contribution is -2.48. The number of aromatic nitrogens is 2. The second kappa shape index (κ2) is 7.12. The van der Waals surface area contributed by atoms with Crippen molar-refractivity contribution in [3.05, 3.63) is 48.8 Å². The number of piperidine rings is 1. The van der Waals surface area contributed by atoms with Gasteiger partial charge in [-0.2, -0.15) is 0 Å². The highest BCUT2D eigenvalue weighted by molar-refractivity contribution is 5.84. The van der Waals surface area contributed by atoms with Gasteiger partial charge in [0.1, 0.15) is 11.9 Å². The third-order valence-electron chi connectivity index (χ3n) is 5.77. The maximum Gasteiger partial charge on any atom is 0.138 e. The van der Waals surface area contributed by atoms with Gasteiger partial charge in [0.2, 0.25) is 0 Å². The van der Waals surface area contributed by atoms with E-state index >= 15 is 0 Å². The minimum absolute atomic E-state index is 0.273. The molecule has 4 nitrogen and oxygen atoms in total. The van der Waals surface area contributed by atoms with E-state index in [0.717, 1.165) is 35.4 Å². The van der Waals surface area contributed by atoms with E-state index in [1.165, 1.54) is 11.8 Å². The lowest BCUT2D eigenvalue weighted by atomic mass is 9.93. The Kier molecular flexibility index (Phi) is 4.68. The Morgan fingerprint density at radius 3 is 2.85 bits per heavy atom.